The summed E-state index contributed by atoms with van der Waals surface area (Å²) in [5.74, 6) is -4.22. The molecule has 0 saturated carbocycles. The van der Waals surface area contributed by atoms with Crippen molar-refractivity contribution in [2.24, 2.45) is 0 Å². The molecule has 0 aromatic carbocycles. The van der Waals surface area contributed by atoms with Crippen LogP contribution in [0.15, 0.2) is 41.0 Å². The number of aromatic nitrogens is 1. The average Bonchev–Trinajstić information content (AvgIpc) is 3.44. The van der Waals surface area contributed by atoms with Crippen molar-refractivity contribution in [1.82, 2.24) is 14.8 Å². The lowest BCUT2D eigenvalue weighted by Gasteiger charge is -2.44. The number of hydrogen-bond donors (Lipinski definition) is 2. The number of carboxylic acids is 2. The highest BCUT2D eigenvalue weighted by Crippen LogP contribution is 2.40. The molecular formula is C24H27F6N3O6. The number of aliphatic carboxylic acids is 2. The number of carboxylic acid groups (broad SMARTS) is 2. The van der Waals surface area contributed by atoms with E-state index in [1.165, 1.54) is 0 Å². The lowest BCUT2D eigenvalue weighted by atomic mass is 9.84. The minimum absolute atomic E-state index is 0.0160. The number of rotatable bonds is 4. The summed E-state index contributed by atoms with van der Waals surface area (Å²) in [5.41, 5.74) is 2.02. The molecule has 0 unspecified atom stereocenters. The number of likely N-dealkylation sites (tertiary alicyclic amines) is 2. The quantitative estimate of drug-likeness (QED) is 0.521. The highest BCUT2D eigenvalue weighted by Gasteiger charge is 2.47. The number of carbonyl (C=O) groups excluding carboxylic acids is 1. The number of piperidine rings is 1. The highest BCUT2D eigenvalue weighted by atomic mass is 19.4. The summed E-state index contributed by atoms with van der Waals surface area (Å²) in [6.45, 7) is 5.50. The van der Waals surface area contributed by atoms with Crippen LogP contribution >= 0.6 is 0 Å². The van der Waals surface area contributed by atoms with E-state index >= 15 is 0 Å². The van der Waals surface area contributed by atoms with Crippen LogP contribution in [0.25, 0.3) is 0 Å². The van der Waals surface area contributed by atoms with Gasteiger partial charge in [-0.3, -0.25) is 14.7 Å². The molecule has 15 heteroatoms. The number of amides is 1. The molecule has 2 saturated heterocycles. The Morgan fingerprint density at radius 2 is 1.51 bits per heavy atom. The zero-order valence-electron chi connectivity index (χ0n) is 20.8. The summed E-state index contributed by atoms with van der Waals surface area (Å²) >= 11 is 0. The number of carbonyl (C=O) groups is 3. The highest BCUT2D eigenvalue weighted by molar-refractivity contribution is 5.79. The van der Waals surface area contributed by atoms with Gasteiger partial charge in [0.1, 0.15) is 5.76 Å². The molecule has 2 aliphatic heterocycles. The van der Waals surface area contributed by atoms with Crippen molar-refractivity contribution >= 4 is 17.8 Å². The van der Waals surface area contributed by atoms with Gasteiger partial charge in [-0.2, -0.15) is 26.3 Å². The van der Waals surface area contributed by atoms with Gasteiger partial charge in [0, 0.05) is 30.7 Å². The number of halogens is 6. The minimum atomic E-state index is -5.08. The van der Waals surface area contributed by atoms with Gasteiger partial charge in [-0.25, -0.2) is 9.59 Å². The number of hydrogen-bond acceptors (Lipinski definition) is 6. The predicted octanol–water partition coefficient (Wildman–Crippen LogP) is 4.41. The molecular weight excluding hydrogens is 540 g/mol. The van der Waals surface area contributed by atoms with Crippen LogP contribution in [0.3, 0.4) is 0 Å². The van der Waals surface area contributed by atoms with Crippen molar-refractivity contribution in [3.8, 4) is 0 Å². The Labute approximate surface area is 219 Å². The number of aryl methyl sites for hydroxylation is 1. The number of furan rings is 1. The molecule has 0 bridgehead atoms. The van der Waals surface area contributed by atoms with Gasteiger partial charge < -0.3 is 19.5 Å². The summed E-state index contributed by atoms with van der Waals surface area (Å²) < 4.78 is 68.9. The first-order chi connectivity index (χ1) is 18.0. The summed E-state index contributed by atoms with van der Waals surface area (Å²) in [4.78, 5) is 39.5. The second kappa shape index (κ2) is 13.0. The molecule has 39 heavy (non-hydrogen) atoms. The zero-order valence-corrected chi connectivity index (χ0v) is 20.8. The van der Waals surface area contributed by atoms with Crippen LogP contribution < -0.4 is 0 Å². The van der Waals surface area contributed by atoms with Gasteiger partial charge >= 0.3 is 24.3 Å². The van der Waals surface area contributed by atoms with Gasteiger partial charge in [-0.1, -0.05) is 6.07 Å². The molecule has 4 rings (SSSR count). The maximum atomic E-state index is 12.5. The molecule has 2 aromatic heterocycles. The third kappa shape index (κ3) is 9.57. The first-order valence-corrected chi connectivity index (χ1v) is 11.6. The number of alkyl halides is 6. The van der Waals surface area contributed by atoms with Crippen LogP contribution in [0.2, 0.25) is 0 Å². The summed E-state index contributed by atoms with van der Waals surface area (Å²) in [6.07, 6.45) is -4.72. The molecule has 0 aliphatic carbocycles. The van der Waals surface area contributed by atoms with E-state index in [1.807, 2.05) is 37.3 Å². The van der Waals surface area contributed by atoms with Crippen molar-refractivity contribution in [2.45, 2.75) is 63.6 Å². The minimum Gasteiger partial charge on any atom is -0.475 e. The van der Waals surface area contributed by atoms with Crippen molar-refractivity contribution in [3.05, 3.63) is 53.7 Å². The molecule has 9 nitrogen and oxygen atoms in total. The molecule has 1 amide bonds. The average molecular weight is 567 g/mol. The molecule has 2 aromatic rings. The SMILES string of the molecule is Cc1cccc(CN2C(=O)CCC23CCN(Cc2ccco2)CC3)n1.O=C(O)C(F)(F)F.O=C(O)C(F)(F)F. The number of nitrogens with zero attached hydrogens (tertiary/aromatic N) is 3. The van der Waals surface area contributed by atoms with Gasteiger partial charge in [0.2, 0.25) is 5.91 Å². The Kier molecular flexibility index (Phi) is 10.5. The fraction of sp³-hybridized carbons (Fsp3) is 0.500. The monoisotopic (exact) mass is 567 g/mol. The predicted molar refractivity (Wildman–Crippen MR) is 122 cm³/mol. The fourth-order valence-electron chi connectivity index (χ4n) is 4.25. The lowest BCUT2D eigenvalue weighted by molar-refractivity contribution is -0.193. The van der Waals surface area contributed by atoms with Crippen molar-refractivity contribution in [1.29, 1.82) is 0 Å². The maximum Gasteiger partial charge on any atom is 0.490 e. The normalized spacial score (nSPS) is 17.2. The Balaban J connectivity index is 0.000000317. The summed E-state index contributed by atoms with van der Waals surface area (Å²) in [7, 11) is 0. The molecule has 216 valence electrons. The molecule has 2 fully saturated rings. The van der Waals surface area contributed by atoms with E-state index in [9.17, 15) is 31.1 Å². The van der Waals surface area contributed by atoms with E-state index in [0.29, 0.717) is 13.0 Å². The first kappa shape index (κ1) is 31.6. The van der Waals surface area contributed by atoms with Crippen molar-refractivity contribution < 1.29 is 55.4 Å². The Hall–Kier alpha value is -3.62. The third-order valence-corrected chi connectivity index (χ3v) is 6.18. The molecule has 1 spiro atoms. The standard InChI is InChI=1S/C20H25N3O2.2C2HF3O2/c1-16-4-2-5-17(21-16)14-23-19(24)7-8-20(23)9-11-22(12-10-20)15-18-6-3-13-25-18;2*3-2(4,5)1(6)7/h2-6,13H,7-12,14-15H2,1H3;2*(H,6,7). The largest absolute Gasteiger partial charge is 0.490 e. The number of pyridine rings is 1. The van der Waals surface area contributed by atoms with E-state index in [0.717, 1.165) is 56.0 Å². The Bertz CT molecular complexity index is 1090. The van der Waals surface area contributed by atoms with Crippen LogP contribution in [0.1, 0.15) is 42.8 Å². The van der Waals surface area contributed by atoms with Gasteiger partial charge in [0.25, 0.3) is 0 Å². The van der Waals surface area contributed by atoms with E-state index in [2.05, 4.69) is 14.8 Å². The van der Waals surface area contributed by atoms with E-state index in [-0.39, 0.29) is 11.4 Å². The van der Waals surface area contributed by atoms with E-state index < -0.39 is 24.3 Å². The molecule has 0 radical (unpaired) electrons. The van der Waals surface area contributed by atoms with Crippen LogP contribution in [-0.2, 0) is 27.5 Å². The topological polar surface area (TPSA) is 124 Å². The van der Waals surface area contributed by atoms with E-state index in [4.69, 9.17) is 24.2 Å². The van der Waals surface area contributed by atoms with Crippen LogP contribution in [0.4, 0.5) is 26.3 Å². The van der Waals surface area contributed by atoms with Gasteiger partial charge in [-0.15, -0.1) is 0 Å². The molecule has 2 N–H and O–H groups in total. The van der Waals surface area contributed by atoms with Crippen LogP contribution in [0.5, 0.6) is 0 Å². The van der Waals surface area contributed by atoms with Gasteiger partial charge in [0.05, 0.1) is 25.0 Å². The molecule has 4 heterocycles. The first-order valence-electron chi connectivity index (χ1n) is 11.6. The molecule has 2 aliphatic rings. The van der Waals surface area contributed by atoms with Crippen LogP contribution in [0, 0.1) is 6.92 Å². The zero-order chi connectivity index (χ0) is 29.4. The molecule has 0 atom stereocenters. The van der Waals surface area contributed by atoms with Crippen molar-refractivity contribution in [2.75, 3.05) is 13.1 Å². The Morgan fingerprint density at radius 1 is 0.949 bits per heavy atom. The van der Waals surface area contributed by atoms with Gasteiger partial charge in [-0.05, 0) is 50.5 Å². The van der Waals surface area contributed by atoms with E-state index in [1.54, 1.807) is 6.26 Å². The van der Waals surface area contributed by atoms with Crippen molar-refractivity contribution in [3.63, 3.8) is 0 Å². The maximum absolute atomic E-state index is 12.5. The second-order valence-corrected chi connectivity index (χ2v) is 8.94. The van der Waals surface area contributed by atoms with Crippen LogP contribution in [-0.4, -0.2) is 73.8 Å². The second-order valence-electron chi connectivity index (χ2n) is 8.94. The fourth-order valence-corrected chi connectivity index (χ4v) is 4.25. The lowest BCUT2D eigenvalue weighted by Crippen LogP contribution is -2.52. The van der Waals surface area contributed by atoms with Gasteiger partial charge in [0.15, 0.2) is 0 Å². The summed E-state index contributed by atoms with van der Waals surface area (Å²) in [6, 6.07) is 10.0. The summed E-state index contributed by atoms with van der Waals surface area (Å²) in [5, 5.41) is 14.2. The third-order valence-electron chi connectivity index (χ3n) is 6.18. The Morgan fingerprint density at radius 3 is 1.97 bits per heavy atom. The smallest absolute Gasteiger partial charge is 0.475 e.